The lowest BCUT2D eigenvalue weighted by Gasteiger charge is -2.38. The second kappa shape index (κ2) is 10.9. The molecule has 1 aliphatic rings. The quantitative estimate of drug-likeness (QED) is 0.382. The number of carbonyl (C=O) groups is 2. The molecule has 9 heteroatoms. The van der Waals surface area contributed by atoms with Crippen LogP contribution >= 0.6 is 15.9 Å². The molecule has 1 fully saturated rings. The largest absolute Gasteiger partial charge is 0.416 e. The van der Waals surface area contributed by atoms with Crippen molar-refractivity contribution in [3.8, 4) is 0 Å². The van der Waals surface area contributed by atoms with Gasteiger partial charge in [0, 0.05) is 23.1 Å². The Bertz CT molecular complexity index is 1300. The van der Waals surface area contributed by atoms with Gasteiger partial charge in [0.05, 0.1) is 11.2 Å². The van der Waals surface area contributed by atoms with E-state index in [0.717, 1.165) is 22.2 Å². The summed E-state index contributed by atoms with van der Waals surface area (Å²) in [5.74, 6) is -1.10. The first kappa shape index (κ1) is 26.6. The number of halogens is 4. The van der Waals surface area contributed by atoms with Crippen LogP contribution in [0.25, 0.3) is 6.08 Å². The third-order valence-corrected chi connectivity index (χ3v) is 6.83. The number of rotatable bonds is 5. The van der Waals surface area contributed by atoms with Crippen LogP contribution in [0.3, 0.4) is 0 Å². The Kier molecular flexibility index (Phi) is 7.85. The van der Waals surface area contributed by atoms with E-state index in [0.29, 0.717) is 5.56 Å². The van der Waals surface area contributed by atoms with Gasteiger partial charge in [0.2, 0.25) is 0 Å². The lowest BCUT2D eigenvalue weighted by atomic mass is 9.84. The van der Waals surface area contributed by atoms with E-state index in [2.05, 4.69) is 21.2 Å². The number of nitrogens with zero attached hydrogens (tertiary/aromatic N) is 1. The van der Waals surface area contributed by atoms with E-state index in [4.69, 9.17) is 0 Å². The summed E-state index contributed by atoms with van der Waals surface area (Å²) >= 11 is 3.37. The SMILES string of the molecule is O=C(N/C(=C\c1cccc(C(F)(F)F)c1)C(=O)N1CCC(O)(c2ccc(Br)cc2)CC1)c1ccccc1. The first-order chi connectivity index (χ1) is 17.5. The van der Waals surface area contributed by atoms with Crippen LogP contribution in [0.15, 0.2) is 89.0 Å². The van der Waals surface area contributed by atoms with Crippen molar-refractivity contribution in [2.24, 2.45) is 0 Å². The van der Waals surface area contributed by atoms with Crippen molar-refractivity contribution in [1.82, 2.24) is 10.2 Å². The van der Waals surface area contributed by atoms with Gasteiger partial charge in [0.15, 0.2) is 0 Å². The highest BCUT2D eigenvalue weighted by atomic mass is 79.9. The van der Waals surface area contributed by atoms with Crippen molar-refractivity contribution < 1.29 is 27.9 Å². The zero-order valence-corrected chi connectivity index (χ0v) is 21.2. The second-order valence-corrected chi connectivity index (χ2v) is 9.75. The molecular formula is C28H24BrF3N2O3. The summed E-state index contributed by atoms with van der Waals surface area (Å²) in [6.07, 6.45) is -2.77. The van der Waals surface area contributed by atoms with E-state index in [1.54, 1.807) is 30.3 Å². The van der Waals surface area contributed by atoms with Crippen LogP contribution in [-0.4, -0.2) is 34.9 Å². The number of likely N-dealkylation sites (tertiary alicyclic amines) is 1. The molecule has 0 radical (unpaired) electrons. The average Bonchev–Trinajstić information content (AvgIpc) is 2.89. The monoisotopic (exact) mass is 572 g/mol. The van der Waals surface area contributed by atoms with Gasteiger partial charge >= 0.3 is 6.18 Å². The van der Waals surface area contributed by atoms with E-state index in [-0.39, 0.29) is 37.2 Å². The van der Waals surface area contributed by atoms with E-state index >= 15 is 0 Å². The number of carbonyl (C=O) groups excluding carboxylic acids is 2. The zero-order chi connectivity index (χ0) is 26.6. The summed E-state index contributed by atoms with van der Waals surface area (Å²) < 4.78 is 40.6. The molecule has 4 rings (SSSR count). The van der Waals surface area contributed by atoms with Crippen LogP contribution in [0.2, 0.25) is 0 Å². The fourth-order valence-electron chi connectivity index (χ4n) is 4.21. The summed E-state index contributed by atoms with van der Waals surface area (Å²) in [6.45, 7) is 0.402. The van der Waals surface area contributed by atoms with Crippen molar-refractivity contribution >= 4 is 33.8 Å². The van der Waals surface area contributed by atoms with Gasteiger partial charge in [-0.3, -0.25) is 9.59 Å². The van der Waals surface area contributed by atoms with Crippen molar-refractivity contribution in [3.63, 3.8) is 0 Å². The molecule has 0 unspecified atom stereocenters. The topological polar surface area (TPSA) is 69.6 Å². The first-order valence-electron chi connectivity index (χ1n) is 11.6. The fourth-order valence-corrected chi connectivity index (χ4v) is 4.47. The standard InChI is InChI=1S/C28H24BrF3N2O3/c29-23-11-9-21(10-12-23)27(37)13-15-34(16-14-27)26(36)24(33-25(35)20-6-2-1-3-7-20)18-19-5-4-8-22(17-19)28(30,31)32/h1-12,17-18,37H,13-16H2,(H,33,35)/b24-18-. The minimum Gasteiger partial charge on any atom is -0.385 e. The van der Waals surface area contributed by atoms with Crippen LogP contribution in [0, 0.1) is 0 Å². The molecule has 3 aromatic rings. The van der Waals surface area contributed by atoms with E-state index in [1.807, 2.05) is 24.3 Å². The van der Waals surface area contributed by atoms with Crippen LogP contribution < -0.4 is 5.32 Å². The van der Waals surface area contributed by atoms with Crippen molar-refractivity contribution in [2.75, 3.05) is 13.1 Å². The summed E-state index contributed by atoms with van der Waals surface area (Å²) in [5.41, 5.74) is -0.971. The number of amides is 2. The van der Waals surface area contributed by atoms with Gasteiger partial charge in [0.1, 0.15) is 5.70 Å². The minimum atomic E-state index is -4.55. The molecule has 0 bridgehead atoms. The summed E-state index contributed by atoms with van der Waals surface area (Å²) in [7, 11) is 0. The Morgan fingerprint density at radius 3 is 2.22 bits per heavy atom. The van der Waals surface area contributed by atoms with Gasteiger partial charge in [-0.2, -0.15) is 13.2 Å². The van der Waals surface area contributed by atoms with Gasteiger partial charge in [-0.15, -0.1) is 0 Å². The van der Waals surface area contributed by atoms with Gasteiger partial charge in [0.25, 0.3) is 11.8 Å². The molecule has 0 saturated carbocycles. The molecule has 0 aromatic heterocycles. The molecule has 0 spiro atoms. The molecule has 2 N–H and O–H groups in total. The highest BCUT2D eigenvalue weighted by molar-refractivity contribution is 9.10. The van der Waals surface area contributed by atoms with Crippen molar-refractivity contribution in [3.05, 3.63) is 111 Å². The first-order valence-corrected chi connectivity index (χ1v) is 12.4. The molecule has 192 valence electrons. The second-order valence-electron chi connectivity index (χ2n) is 8.83. The molecule has 2 amide bonds. The number of aliphatic hydroxyl groups is 1. The Hall–Kier alpha value is -3.43. The summed E-state index contributed by atoms with van der Waals surface area (Å²) in [4.78, 5) is 27.8. The molecule has 0 atom stereocenters. The predicted molar refractivity (Wildman–Crippen MR) is 137 cm³/mol. The maximum Gasteiger partial charge on any atom is 0.416 e. The van der Waals surface area contributed by atoms with Gasteiger partial charge in [-0.1, -0.05) is 58.4 Å². The van der Waals surface area contributed by atoms with Crippen LogP contribution in [0.5, 0.6) is 0 Å². The van der Waals surface area contributed by atoms with Crippen LogP contribution in [-0.2, 0) is 16.6 Å². The fraction of sp³-hybridized carbons (Fsp3) is 0.214. The van der Waals surface area contributed by atoms with Gasteiger partial charge in [-0.25, -0.2) is 0 Å². The smallest absolute Gasteiger partial charge is 0.385 e. The van der Waals surface area contributed by atoms with E-state index < -0.39 is 29.2 Å². The lowest BCUT2D eigenvalue weighted by Crippen LogP contribution is -2.47. The Morgan fingerprint density at radius 1 is 0.946 bits per heavy atom. The van der Waals surface area contributed by atoms with Gasteiger partial charge in [-0.05, 0) is 66.4 Å². The summed E-state index contributed by atoms with van der Waals surface area (Å²) in [5, 5.41) is 13.7. The Labute approximate surface area is 220 Å². The lowest BCUT2D eigenvalue weighted by molar-refractivity contribution is -0.137. The Morgan fingerprint density at radius 2 is 1.59 bits per heavy atom. The molecular weight excluding hydrogens is 549 g/mol. The number of benzene rings is 3. The number of hydrogen-bond donors (Lipinski definition) is 2. The molecule has 1 aliphatic heterocycles. The zero-order valence-electron chi connectivity index (χ0n) is 19.6. The molecule has 1 heterocycles. The molecule has 37 heavy (non-hydrogen) atoms. The third kappa shape index (κ3) is 6.47. The number of alkyl halides is 3. The highest BCUT2D eigenvalue weighted by Crippen LogP contribution is 2.34. The highest BCUT2D eigenvalue weighted by Gasteiger charge is 2.36. The number of hydrogen-bond acceptors (Lipinski definition) is 3. The van der Waals surface area contributed by atoms with E-state index in [1.165, 1.54) is 23.1 Å². The van der Waals surface area contributed by atoms with E-state index in [9.17, 15) is 27.9 Å². The Balaban J connectivity index is 1.59. The maximum absolute atomic E-state index is 13.5. The third-order valence-electron chi connectivity index (χ3n) is 6.30. The predicted octanol–water partition coefficient (Wildman–Crippen LogP) is 5.75. The van der Waals surface area contributed by atoms with Crippen LogP contribution in [0.4, 0.5) is 13.2 Å². The minimum absolute atomic E-state index is 0.120. The summed E-state index contributed by atoms with van der Waals surface area (Å²) in [6, 6.07) is 20.1. The maximum atomic E-state index is 13.5. The number of piperidine rings is 1. The normalized spacial score (nSPS) is 15.8. The van der Waals surface area contributed by atoms with Crippen molar-refractivity contribution in [1.29, 1.82) is 0 Å². The molecule has 3 aromatic carbocycles. The van der Waals surface area contributed by atoms with Gasteiger partial charge < -0.3 is 15.3 Å². The van der Waals surface area contributed by atoms with Crippen LogP contribution in [0.1, 0.15) is 39.9 Å². The molecule has 1 saturated heterocycles. The number of nitrogens with one attached hydrogen (secondary N) is 1. The average molecular weight is 573 g/mol. The molecule has 0 aliphatic carbocycles. The van der Waals surface area contributed by atoms with Crippen molar-refractivity contribution in [2.45, 2.75) is 24.6 Å². The molecule has 5 nitrogen and oxygen atoms in total.